The van der Waals surface area contributed by atoms with Crippen molar-refractivity contribution < 1.29 is 28.4 Å². The first kappa shape index (κ1) is 14.7. The van der Waals surface area contributed by atoms with E-state index < -0.39 is 41.2 Å². The van der Waals surface area contributed by atoms with Gasteiger partial charge in [0.2, 0.25) is 0 Å². The lowest BCUT2D eigenvalue weighted by Crippen LogP contribution is -2.35. The van der Waals surface area contributed by atoms with Crippen LogP contribution < -0.4 is 0 Å². The van der Waals surface area contributed by atoms with E-state index in [0.717, 1.165) is 6.66 Å². The first-order chi connectivity index (χ1) is 6.39. The molecule has 0 aromatic heterocycles. The predicted octanol–water partition coefficient (Wildman–Crippen LogP) is -3.49. The van der Waals surface area contributed by atoms with E-state index >= 15 is 0 Å². The van der Waals surface area contributed by atoms with Crippen LogP contribution in [0.1, 0.15) is 6.42 Å². The van der Waals surface area contributed by atoms with Crippen LogP contribution in [-0.4, -0.2) is 61.8 Å². The van der Waals surface area contributed by atoms with Crippen LogP contribution in [0.25, 0.3) is 0 Å². The normalized spacial score (nSPS) is 22.6. The summed E-state index contributed by atoms with van der Waals surface area (Å²) in [7, 11) is -7.89. The van der Waals surface area contributed by atoms with Gasteiger partial charge in [-0.3, -0.25) is 4.57 Å². The minimum atomic E-state index is -3.48. The van der Waals surface area contributed by atoms with Crippen molar-refractivity contribution in [1.29, 1.82) is 0 Å². The van der Waals surface area contributed by atoms with Gasteiger partial charge in [-0.25, -0.2) is 0 Å². The predicted molar refractivity (Wildman–Crippen MR) is 61.3 cm³/mol. The molecule has 10 heteroatoms. The second-order valence-corrected chi connectivity index (χ2v) is 13.7. The van der Waals surface area contributed by atoms with E-state index in [2.05, 4.69) is 4.52 Å². The highest BCUT2D eigenvalue weighted by molar-refractivity contribution is 7.51. The van der Waals surface area contributed by atoms with Crippen molar-refractivity contribution in [1.82, 2.24) is 0 Å². The number of hydrogen-bond acceptors (Lipinski definition) is 5. The van der Waals surface area contributed by atoms with Gasteiger partial charge in [-0.05, 0) is 6.42 Å². The first-order valence-electron chi connectivity index (χ1n) is 4.16. The second-order valence-electron chi connectivity index (χ2n) is 3.36. The molecular formula is C4H17O6PSi3. The Balaban J connectivity index is 4.01. The zero-order valence-electron chi connectivity index (χ0n) is 8.09. The van der Waals surface area contributed by atoms with Crippen LogP contribution in [0.2, 0.25) is 4.28 Å². The van der Waals surface area contributed by atoms with Crippen LogP contribution >= 0.6 is 7.60 Å². The van der Waals surface area contributed by atoms with Crippen molar-refractivity contribution in [2.45, 2.75) is 10.7 Å². The number of rotatable bonds is 7. The zero-order valence-corrected chi connectivity index (χ0v) is 13.2. The van der Waals surface area contributed by atoms with Crippen molar-refractivity contribution in [3.63, 3.8) is 0 Å². The van der Waals surface area contributed by atoms with Gasteiger partial charge in [-0.2, -0.15) is 0 Å². The molecule has 0 radical (unpaired) electrons. The van der Waals surface area contributed by atoms with Gasteiger partial charge >= 0.3 is 7.60 Å². The fourth-order valence-corrected chi connectivity index (χ4v) is 3.36. The van der Waals surface area contributed by atoms with Crippen molar-refractivity contribution in [3.05, 3.63) is 0 Å². The molecule has 1 atom stereocenters. The summed E-state index contributed by atoms with van der Waals surface area (Å²) in [6.45, 7) is 1.09. The Bertz CT molecular complexity index is 195. The SMILES string of the molecule is CP(=O)(O)OCCC([SiH2]O)([SiH2]O)[SiH2]O. The quantitative estimate of drug-likeness (QED) is 0.284. The van der Waals surface area contributed by atoms with Crippen LogP contribution in [0.4, 0.5) is 0 Å². The Labute approximate surface area is 89.7 Å². The average molecular weight is 276 g/mol. The van der Waals surface area contributed by atoms with Crippen LogP contribution in [0, 0.1) is 0 Å². The molecule has 86 valence electrons. The maximum absolute atomic E-state index is 10.7. The van der Waals surface area contributed by atoms with Crippen molar-refractivity contribution in [3.8, 4) is 0 Å². The largest absolute Gasteiger partial charge is 0.438 e. The zero-order chi connectivity index (χ0) is 11.2. The Hall–Kier alpha value is 0.681. The molecule has 0 aromatic carbocycles. The summed E-state index contributed by atoms with van der Waals surface area (Å²) in [4.78, 5) is 36.1. The van der Waals surface area contributed by atoms with Gasteiger partial charge < -0.3 is 23.8 Å². The minimum absolute atomic E-state index is 0.0129. The van der Waals surface area contributed by atoms with Gasteiger partial charge in [-0.15, -0.1) is 0 Å². The molecule has 4 N–H and O–H groups in total. The molecule has 0 aliphatic heterocycles. The topological polar surface area (TPSA) is 107 Å². The van der Waals surface area contributed by atoms with Crippen LogP contribution in [0.3, 0.4) is 0 Å². The Morgan fingerprint density at radius 2 is 1.71 bits per heavy atom. The van der Waals surface area contributed by atoms with E-state index in [0.29, 0.717) is 6.42 Å². The first-order valence-corrected chi connectivity index (χ1v) is 10.2. The summed E-state index contributed by atoms with van der Waals surface area (Å²) in [5.41, 5.74) is 0. The third-order valence-electron chi connectivity index (χ3n) is 1.97. The molecule has 0 rings (SSSR count). The van der Waals surface area contributed by atoms with E-state index in [1.165, 1.54) is 0 Å². The second kappa shape index (κ2) is 6.30. The summed E-state index contributed by atoms with van der Waals surface area (Å²) in [6.07, 6.45) is 0.305. The average Bonchev–Trinajstić information content (AvgIpc) is 2.11. The highest BCUT2D eigenvalue weighted by Crippen LogP contribution is 2.38. The van der Waals surface area contributed by atoms with Gasteiger partial charge in [0.1, 0.15) is 0 Å². The molecule has 0 aliphatic rings. The standard InChI is InChI=1S/C4H17O6PSi3/c1-11(5,6)10-3-2-4(12-7,13-8)14-9/h7-9H,2-3,12-14H2,1H3,(H,5,6). The Morgan fingerprint density at radius 3 is 2.00 bits per heavy atom. The maximum Gasteiger partial charge on any atom is 0.325 e. The molecule has 1 unspecified atom stereocenters. The molecule has 0 fully saturated rings. The minimum Gasteiger partial charge on any atom is -0.438 e. The van der Waals surface area contributed by atoms with Crippen molar-refractivity contribution >= 4 is 36.9 Å². The number of hydrogen-bond donors (Lipinski definition) is 4. The van der Waals surface area contributed by atoms with Crippen molar-refractivity contribution in [2.24, 2.45) is 0 Å². The summed E-state index contributed by atoms with van der Waals surface area (Å²) in [6, 6.07) is 0. The van der Waals surface area contributed by atoms with E-state index in [4.69, 9.17) is 19.3 Å². The summed E-state index contributed by atoms with van der Waals surface area (Å²) >= 11 is 0. The van der Waals surface area contributed by atoms with Gasteiger partial charge in [-0.1, -0.05) is 0 Å². The summed E-state index contributed by atoms with van der Waals surface area (Å²) in [5, 5.41) is 0. The third kappa shape index (κ3) is 5.53. The molecular weight excluding hydrogens is 259 g/mol. The maximum atomic E-state index is 10.7. The van der Waals surface area contributed by atoms with Crippen LogP contribution in [-0.2, 0) is 9.09 Å². The van der Waals surface area contributed by atoms with Crippen molar-refractivity contribution in [2.75, 3.05) is 13.3 Å². The lowest BCUT2D eigenvalue weighted by molar-refractivity contribution is 0.257. The van der Waals surface area contributed by atoms with Crippen LogP contribution in [0.15, 0.2) is 0 Å². The molecule has 0 aromatic rings. The van der Waals surface area contributed by atoms with Gasteiger partial charge in [0.15, 0.2) is 29.3 Å². The molecule has 0 saturated heterocycles. The summed E-state index contributed by atoms with van der Waals surface area (Å²) < 4.78 is 14.8. The molecule has 0 aliphatic carbocycles. The Morgan fingerprint density at radius 1 is 1.29 bits per heavy atom. The smallest absolute Gasteiger partial charge is 0.325 e. The molecule has 0 amide bonds. The molecule has 0 spiro atoms. The molecule has 6 nitrogen and oxygen atoms in total. The highest BCUT2D eigenvalue weighted by atomic mass is 31.2. The summed E-state index contributed by atoms with van der Waals surface area (Å²) in [5.74, 6) is 0. The fourth-order valence-electron chi connectivity index (χ4n) is 0.819. The monoisotopic (exact) mass is 276 g/mol. The molecule has 0 heterocycles. The van der Waals surface area contributed by atoms with Gasteiger partial charge in [0.05, 0.1) is 6.61 Å². The van der Waals surface area contributed by atoms with E-state index in [-0.39, 0.29) is 6.61 Å². The third-order valence-corrected chi connectivity index (χ3v) is 9.73. The fraction of sp³-hybridized carbons (Fsp3) is 1.00. The lowest BCUT2D eigenvalue weighted by Gasteiger charge is -2.25. The molecule has 0 bridgehead atoms. The van der Waals surface area contributed by atoms with Gasteiger partial charge in [0.25, 0.3) is 0 Å². The van der Waals surface area contributed by atoms with E-state index in [1.54, 1.807) is 0 Å². The van der Waals surface area contributed by atoms with E-state index in [9.17, 15) is 4.57 Å². The van der Waals surface area contributed by atoms with E-state index in [1.807, 2.05) is 0 Å². The lowest BCUT2D eigenvalue weighted by atomic mass is 10.5. The highest BCUT2D eigenvalue weighted by Gasteiger charge is 2.30. The van der Waals surface area contributed by atoms with Crippen LogP contribution in [0.5, 0.6) is 0 Å². The molecule has 14 heavy (non-hydrogen) atoms. The molecule has 0 saturated carbocycles. The Kier molecular flexibility index (Phi) is 6.61. The van der Waals surface area contributed by atoms with Gasteiger partial charge in [0, 0.05) is 10.9 Å².